The number of aliphatic hydroxyl groups is 2. The number of nitrogens with zero attached hydrogens (tertiary/aromatic N) is 1. The Morgan fingerprint density at radius 2 is 1.75 bits per heavy atom. The van der Waals surface area contributed by atoms with E-state index in [-0.39, 0.29) is 0 Å². The topological polar surface area (TPSA) is 159 Å². The van der Waals surface area contributed by atoms with Crippen LogP contribution < -0.4 is 9.67 Å². The number of hydrogen-bond acceptors (Lipinski definition) is 6. The van der Waals surface area contributed by atoms with Crippen LogP contribution in [0.3, 0.4) is 0 Å². The van der Waals surface area contributed by atoms with Crippen LogP contribution in [0.25, 0.3) is 0 Å². The predicted octanol–water partition coefficient (Wildman–Crippen LogP) is -3.25. The smallest absolute Gasteiger partial charge is 0.341 e. The van der Waals surface area contributed by atoms with E-state index in [1.54, 1.807) is 36.1 Å². The number of hydrogen-bond donors (Lipinski definition) is 4. The third kappa shape index (κ3) is 5.89. The molecule has 0 aliphatic heterocycles. The molecule has 0 spiro atoms. The van der Waals surface area contributed by atoms with Crippen molar-refractivity contribution in [2.75, 3.05) is 0 Å². The van der Waals surface area contributed by atoms with Crippen molar-refractivity contribution in [3.63, 3.8) is 0 Å². The molecule has 9 heteroatoms. The molecular formula is C11H13NO8. The van der Waals surface area contributed by atoms with Gasteiger partial charge in [0.1, 0.15) is 18.7 Å². The van der Waals surface area contributed by atoms with Crippen LogP contribution in [0.4, 0.5) is 0 Å². The summed E-state index contributed by atoms with van der Waals surface area (Å²) in [6.45, 7) is 0. The first kappa shape index (κ1) is 17.5. The van der Waals surface area contributed by atoms with Crippen molar-refractivity contribution < 1.29 is 44.5 Å². The number of pyridine rings is 1. The van der Waals surface area contributed by atoms with Crippen LogP contribution in [0, 0.1) is 0 Å². The normalized spacial score (nSPS) is 12.6. The molecule has 0 bridgehead atoms. The predicted molar refractivity (Wildman–Crippen MR) is 59.2 cm³/mol. The van der Waals surface area contributed by atoms with E-state index >= 15 is 0 Å². The van der Waals surface area contributed by atoms with Crippen molar-refractivity contribution >= 4 is 17.9 Å². The maximum Gasteiger partial charge on any atom is 0.341 e. The fraction of sp³-hybridized carbons (Fsp3) is 0.273. The Kier molecular flexibility index (Phi) is 6.83. The van der Waals surface area contributed by atoms with Gasteiger partial charge in [0.2, 0.25) is 0 Å². The van der Waals surface area contributed by atoms with E-state index in [1.165, 1.54) is 0 Å². The summed E-state index contributed by atoms with van der Waals surface area (Å²) in [7, 11) is 1.78. The Morgan fingerprint density at radius 3 is 2.00 bits per heavy atom. The Balaban J connectivity index is 0.000000361. The molecule has 110 valence electrons. The van der Waals surface area contributed by atoms with E-state index in [9.17, 15) is 19.5 Å². The van der Waals surface area contributed by atoms with Gasteiger partial charge in [-0.15, -0.1) is 0 Å². The summed E-state index contributed by atoms with van der Waals surface area (Å²) in [5.74, 6) is -4.72. The molecule has 0 aliphatic rings. The zero-order chi connectivity index (χ0) is 15.9. The lowest BCUT2D eigenvalue weighted by Gasteiger charge is -2.13. The van der Waals surface area contributed by atoms with E-state index in [1.807, 2.05) is 0 Å². The second-order valence-corrected chi connectivity index (χ2v) is 3.61. The molecule has 2 atom stereocenters. The number of aliphatic carboxylic acids is 2. The Hall–Kier alpha value is -2.52. The first-order valence-electron chi connectivity index (χ1n) is 5.15. The summed E-state index contributed by atoms with van der Waals surface area (Å²) in [5.41, 5.74) is 0.310. The maximum absolute atomic E-state index is 10.3. The van der Waals surface area contributed by atoms with Gasteiger partial charge in [-0.1, -0.05) is 0 Å². The van der Waals surface area contributed by atoms with Crippen LogP contribution in [0.2, 0.25) is 0 Å². The minimum absolute atomic E-state index is 0.310. The molecule has 0 radical (unpaired) electrons. The second kappa shape index (κ2) is 7.81. The molecule has 0 saturated heterocycles. The number of carboxylic acids is 3. The van der Waals surface area contributed by atoms with Gasteiger partial charge in [-0.2, -0.15) is 0 Å². The standard InChI is InChI=1S/C7H7NO2.C4H6O6/c1-8-4-2-3-6(5-8)7(9)10;5-1(3(7)8)2(6)4(9)10/h2-5H,1H3;1-2,5-6H,(H,7,8)(H,9,10). The quantitative estimate of drug-likeness (QED) is 0.420. The monoisotopic (exact) mass is 287 g/mol. The molecule has 1 rings (SSSR count). The zero-order valence-corrected chi connectivity index (χ0v) is 10.3. The van der Waals surface area contributed by atoms with Gasteiger partial charge in [0.05, 0.1) is 5.97 Å². The van der Waals surface area contributed by atoms with Crippen molar-refractivity contribution in [3.05, 3.63) is 30.1 Å². The molecule has 1 aromatic rings. The highest BCUT2D eigenvalue weighted by molar-refractivity contribution is 5.86. The van der Waals surface area contributed by atoms with E-state index in [0.717, 1.165) is 0 Å². The number of carbonyl (C=O) groups excluding carboxylic acids is 1. The van der Waals surface area contributed by atoms with E-state index < -0.39 is 30.1 Å². The molecule has 1 aromatic heterocycles. The molecule has 0 aliphatic carbocycles. The minimum Gasteiger partial charge on any atom is -0.547 e. The molecule has 4 N–H and O–H groups in total. The minimum atomic E-state index is -2.38. The van der Waals surface area contributed by atoms with Crippen LogP contribution in [0.1, 0.15) is 10.4 Å². The first-order valence-corrected chi connectivity index (χ1v) is 5.15. The third-order valence-corrected chi connectivity index (χ3v) is 1.98. The number of aromatic nitrogens is 1. The molecule has 9 nitrogen and oxygen atoms in total. The Bertz CT molecular complexity index is 483. The average Bonchev–Trinajstić information content (AvgIpc) is 2.37. The molecule has 0 aromatic carbocycles. The maximum atomic E-state index is 10.3. The largest absolute Gasteiger partial charge is 0.547 e. The fourth-order valence-electron chi connectivity index (χ4n) is 0.978. The van der Waals surface area contributed by atoms with Gasteiger partial charge >= 0.3 is 11.9 Å². The van der Waals surface area contributed by atoms with Crippen molar-refractivity contribution in [1.82, 2.24) is 0 Å². The number of carboxylic acid groups (broad SMARTS) is 3. The van der Waals surface area contributed by atoms with Crippen LogP contribution in [-0.2, 0) is 16.6 Å². The Labute approximate surface area is 113 Å². The summed E-state index contributed by atoms with van der Waals surface area (Å²) in [5, 5.41) is 42.6. The van der Waals surface area contributed by atoms with Crippen LogP contribution >= 0.6 is 0 Å². The molecular weight excluding hydrogens is 274 g/mol. The fourth-order valence-corrected chi connectivity index (χ4v) is 0.978. The molecule has 1 heterocycles. The van der Waals surface area contributed by atoms with Crippen LogP contribution in [-0.4, -0.2) is 50.5 Å². The van der Waals surface area contributed by atoms with Crippen molar-refractivity contribution in [2.45, 2.75) is 12.2 Å². The first-order chi connectivity index (χ1) is 9.16. The van der Waals surface area contributed by atoms with Crippen LogP contribution in [0.5, 0.6) is 0 Å². The average molecular weight is 287 g/mol. The van der Waals surface area contributed by atoms with Crippen molar-refractivity contribution in [2.24, 2.45) is 7.05 Å². The van der Waals surface area contributed by atoms with Gasteiger partial charge in [0, 0.05) is 6.07 Å². The van der Waals surface area contributed by atoms with Crippen molar-refractivity contribution in [3.8, 4) is 0 Å². The van der Waals surface area contributed by atoms with Gasteiger partial charge in [-0.05, 0) is 6.07 Å². The summed E-state index contributed by atoms with van der Waals surface area (Å²) >= 11 is 0. The lowest BCUT2D eigenvalue weighted by molar-refractivity contribution is -0.671. The number of aliphatic hydroxyl groups excluding tert-OH is 2. The van der Waals surface area contributed by atoms with Gasteiger partial charge < -0.3 is 30.3 Å². The van der Waals surface area contributed by atoms with Gasteiger partial charge in [-0.25, -0.2) is 14.2 Å². The van der Waals surface area contributed by atoms with Crippen molar-refractivity contribution in [1.29, 1.82) is 0 Å². The van der Waals surface area contributed by atoms with E-state index in [2.05, 4.69) is 0 Å². The SMILES string of the molecule is C[n+]1cccc(C(=O)O)c1.O=C([O-])C(O)C(O)C(=O)O. The molecule has 0 fully saturated rings. The highest BCUT2D eigenvalue weighted by Gasteiger charge is 2.23. The number of rotatable bonds is 4. The summed E-state index contributed by atoms with van der Waals surface area (Å²) in [6.07, 6.45) is -1.36. The number of aryl methyl sites for hydroxylation is 1. The second-order valence-electron chi connectivity index (χ2n) is 3.61. The van der Waals surface area contributed by atoms with Gasteiger partial charge in [0.15, 0.2) is 18.5 Å². The van der Waals surface area contributed by atoms with Crippen LogP contribution in [0.15, 0.2) is 24.5 Å². The van der Waals surface area contributed by atoms with E-state index in [4.69, 9.17) is 20.4 Å². The van der Waals surface area contributed by atoms with Gasteiger partial charge in [0.25, 0.3) is 0 Å². The highest BCUT2D eigenvalue weighted by Crippen LogP contribution is 1.92. The third-order valence-electron chi connectivity index (χ3n) is 1.98. The van der Waals surface area contributed by atoms with E-state index in [0.29, 0.717) is 5.56 Å². The van der Waals surface area contributed by atoms with Gasteiger partial charge in [-0.3, -0.25) is 0 Å². The number of aromatic carboxylic acids is 1. The summed E-state index contributed by atoms with van der Waals surface area (Å²) in [4.78, 5) is 29.7. The summed E-state index contributed by atoms with van der Waals surface area (Å²) in [6, 6.07) is 3.26. The highest BCUT2D eigenvalue weighted by atomic mass is 16.4. The number of carbonyl (C=O) groups is 3. The molecule has 2 unspecified atom stereocenters. The Morgan fingerprint density at radius 1 is 1.20 bits per heavy atom. The lowest BCUT2D eigenvalue weighted by atomic mass is 10.2. The molecule has 0 saturated carbocycles. The molecule has 20 heavy (non-hydrogen) atoms. The summed E-state index contributed by atoms with van der Waals surface area (Å²) < 4.78 is 1.70. The molecule has 0 amide bonds. The lowest BCUT2D eigenvalue weighted by Crippen LogP contribution is -2.46. The zero-order valence-electron chi connectivity index (χ0n) is 10.3.